The van der Waals surface area contributed by atoms with Gasteiger partial charge in [-0.25, -0.2) is 4.98 Å². The fraction of sp³-hybridized carbons (Fsp3) is 0.522. The summed E-state index contributed by atoms with van der Waals surface area (Å²) in [6, 6.07) is 6.22. The van der Waals surface area contributed by atoms with Crippen LogP contribution in [-0.4, -0.2) is 51.8 Å². The number of rotatable bonds is 8. The second-order valence-corrected chi connectivity index (χ2v) is 9.04. The highest BCUT2D eigenvalue weighted by Crippen LogP contribution is 2.34. The van der Waals surface area contributed by atoms with Gasteiger partial charge in [0.1, 0.15) is 5.69 Å². The molecule has 0 spiro atoms. The topological polar surface area (TPSA) is 54.3 Å². The summed E-state index contributed by atoms with van der Waals surface area (Å²) in [5.41, 5.74) is 4.79. The van der Waals surface area contributed by atoms with Crippen molar-refractivity contribution in [1.29, 1.82) is 0 Å². The molecule has 0 N–H and O–H groups in total. The minimum absolute atomic E-state index is 0.0363. The van der Waals surface area contributed by atoms with E-state index in [0.717, 1.165) is 46.2 Å². The molecule has 6 nitrogen and oxygen atoms in total. The maximum absolute atomic E-state index is 13.7. The standard InChI is InChI=1S/C23H33N5OS/c1-8-26(9-2)12-13-27(22(29)19-14-18(7)25-28(19)15(3)4)23-24-20-16(5)10-11-17(6)21(20)30-23/h10-11,14-15H,8-9,12-13H2,1-7H3. The quantitative estimate of drug-likeness (QED) is 0.508. The summed E-state index contributed by atoms with van der Waals surface area (Å²) in [6.07, 6.45) is 0. The molecule has 0 aliphatic carbocycles. The molecule has 1 aromatic carbocycles. The highest BCUT2D eigenvalue weighted by molar-refractivity contribution is 7.22. The molecule has 0 atom stereocenters. The predicted octanol–water partition coefficient (Wildman–Crippen LogP) is 4.99. The van der Waals surface area contributed by atoms with Crippen molar-refractivity contribution in [3.05, 3.63) is 40.7 Å². The Kier molecular flexibility index (Phi) is 6.93. The van der Waals surface area contributed by atoms with Gasteiger partial charge in [-0.15, -0.1) is 0 Å². The lowest BCUT2D eigenvalue weighted by molar-refractivity contribution is 0.0971. The Morgan fingerprint density at radius 3 is 2.37 bits per heavy atom. The molecule has 3 rings (SSSR count). The Labute approximate surface area is 183 Å². The Morgan fingerprint density at radius 2 is 1.77 bits per heavy atom. The number of carbonyl (C=O) groups is 1. The second-order valence-electron chi connectivity index (χ2n) is 8.07. The van der Waals surface area contributed by atoms with Gasteiger partial charge >= 0.3 is 0 Å². The lowest BCUT2D eigenvalue weighted by atomic mass is 10.1. The Hall–Kier alpha value is -2.25. The Morgan fingerprint density at radius 1 is 1.10 bits per heavy atom. The number of nitrogens with zero attached hydrogens (tertiary/aromatic N) is 5. The van der Waals surface area contributed by atoms with Gasteiger partial charge in [0.25, 0.3) is 5.91 Å². The average Bonchev–Trinajstić information content (AvgIpc) is 3.33. The van der Waals surface area contributed by atoms with Crippen LogP contribution in [0.25, 0.3) is 10.2 Å². The van der Waals surface area contributed by atoms with E-state index in [-0.39, 0.29) is 11.9 Å². The van der Waals surface area contributed by atoms with Crippen molar-refractivity contribution in [3.8, 4) is 0 Å². The molecule has 1 amide bonds. The zero-order valence-electron chi connectivity index (χ0n) is 19.2. The number of benzene rings is 1. The zero-order chi connectivity index (χ0) is 22.0. The summed E-state index contributed by atoms with van der Waals surface area (Å²) in [7, 11) is 0. The van der Waals surface area contributed by atoms with Gasteiger partial charge < -0.3 is 4.90 Å². The first-order valence-electron chi connectivity index (χ1n) is 10.7. The first-order valence-corrected chi connectivity index (χ1v) is 11.6. The third-order valence-electron chi connectivity index (χ3n) is 5.51. The number of aryl methyl sites for hydroxylation is 3. The first kappa shape index (κ1) is 22.4. The van der Waals surface area contributed by atoms with E-state index in [1.54, 1.807) is 11.3 Å². The number of hydrogen-bond donors (Lipinski definition) is 0. The van der Waals surface area contributed by atoms with E-state index in [4.69, 9.17) is 4.98 Å². The molecule has 0 unspecified atom stereocenters. The van der Waals surface area contributed by atoms with E-state index < -0.39 is 0 Å². The van der Waals surface area contributed by atoms with Gasteiger partial charge in [0.15, 0.2) is 5.13 Å². The van der Waals surface area contributed by atoms with Crippen molar-refractivity contribution in [3.63, 3.8) is 0 Å². The van der Waals surface area contributed by atoms with Crippen molar-refractivity contribution in [2.24, 2.45) is 0 Å². The average molecular weight is 428 g/mol. The number of anilines is 1. The third kappa shape index (κ3) is 4.42. The van der Waals surface area contributed by atoms with Crippen LogP contribution in [0.15, 0.2) is 18.2 Å². The molecule has 162 valence electrons. The van der Waals surface area contributed by atoms with E-state index in [1.165, 1.54) is 5.56 Å². The number of aromatic nitrogens is 3. The molecular formula is C23H33N5OS. The van der Waals surface area contributed by atoms with Crippen LogP contribution in [0.5, 0.6) is 0 Å². The van der Waals surface area contributed by atoms with Crippen molar-refractivity contribution >= 4 is 32.6 Å². The summed E-state index contributed by atoms with van der Waals surface area (Å²) in [5.74, 6) is -0.0363. The van der Waals surface area contributed by atoms with Gasteiger partial charge in [0.2, 0.25) is 0 Å². The molecule has 3 aromatic rings. The summed E-state index contributed by atoms with van der Waals surface area (Å²) < 4.78 is 2.98. The number of thiazole rings is 1. The van der Waals surface area contributed by atoms with Crippen LogP contribution in [-0.2, 0) is 0 Å². The Bertz CT molecular complexity index is 993. The zero-order valence-corrected chi connectivity index (χ0v) is 20.0. The predicted molar refractivity (Wildman–Crippen MR) is 126 cm³/mol. The molecule has 0 radical (unpaired) electrons. The van der Waals surface area contributed by atoms with Gasteiger partial charge in [-0.05, 0) is 64.9 Å². The molecule has 0 aliphatic rings. The van der Waals surface area contributed by atoms with Crippen LogP contribution in [0.4, 0.5) is 5.13 Å². The molecule has 0 fully saturated rings. The smallest absolute Gasteiger partial charge is 0.278 e. The molecule has 7 heteroatoms. The first-order chi connectivity index (χ1) is 14.3. The van der Waals surface area contributed by atoms with E-state index in [2.05, 4.69) is 49.8 Å². The number of fused-ring (bicyclic) bond motifs is 1. The van der Waals surface area contributed by atoms with Crippen LogP contribution < -0.4 is 4.90 Å². The monoisotopic (exact) mass is 427 g/mol. The Balaban J connectivity index is 2.06. The summed E-state index contributed by atoms with van der Waals surface area (Å²) in [6.45, 7) is 17.8. The van der Waals surface area contributed by atoms with Crippen molar-refractivity contribution < 1.29 is 4.79 Å². The highest BCUT2D eigenvalue weighted by Gasteiger charge is 2.26. The van der Waals surface area contributed by atoms with Crippen LogP contribution in [0, 0.1) is 20.8 Å². The molecule has 0 saturated heterocycles. The van der Waals surface area contributed by atoms with Crippen molar-refractivity contribution in [2.45, 2.75) is 54.5 Å². The van der Waals surface area contributed by atoms with Crippen molar-refractivity contribution in [2.75, 3.05) is 31.1 Å². The summed E-state index contributed by atoms with van der Waals surface area (Å²) >= 11 is 1.60. The van der Waals surface area contributed by atoms with E-state index in [9.17, 15) is 4.79 Å². The van der Waals surface area contributed by atoms with E-state index in [1.807, 2.05) is 36.4 Å². The minimum atomic E-state index is -0.0363. The van der Waals surface area contributed by atoms with Gasteiger partial charge in [-0.3, -0.25) is 14.4 Å². The van der Waals surface area contributed by atoms with E-state index >= 15 is 0 Å². The highest BCUT2D eigenvalue weighted by atomic mass is 32.1. The summed E-state index contributed by atoms with van der Waals surface area (Å²) in [5, 5.41) is 5.31. The fourth-order valence-electron chi connectivity index (χ4n) is 3.64. The molecule has 30 heavy (non-hydrogen) atoms. The fourth-order valence-corrected chi connectivity index (χ4v) is 4.77. The van der Waals surface area contributed by atoms with Gasteiger partial charge in [0, 0.05) is 19.1 Å². The molecule has 0 saturated carbocycles. The van der Waals surface area contributed by atoms with Gasteiger partial charge in [0.05, 0.1) is 15.9 Å². The largest absolute Gasteiger partial charge is 0.302 e. The molecule has 0 bridgehead atoms. The van der Waals surface area contributed by atoms with Gasteiger partial charge in [-0.1, -0.05) is 37.3 Å². The lowest BCUT2D eigenvalue weighted by Gasteiger charge is -2.25. The molecule has 0 aliphatic heterocycles. The molecule has 2 aromatic heterocycles. The maximum Gasteiger partial charge on any atom is 0.278 e. The SMILES string of the molecule is CCN(CC)CCN(C(=O)c1cc(C)nn1C(C)C)c1nc2c(C)ccc(C)c2s1. The number of hydrogen-bond acceptors (Lipinski definition) is 5. The molecular weight excluding hydrogens is 394 g/mol. The summed E-state index contributed by atoms with van der Waals surface area (Å²) in [4.78, 5) is 22.8. The minimum Gasteiger partial charge on any atom is -0.302 e. The van der Waals surface area contributed by atoms with E-state index in [0.29, 0.717) is 12.2 Å². The number of amides is 1. The second kappa shape index (κ2) is 9.27. The number of likely N-dealkylation sites (N-methyl/N-ethyl adjacent to an activating group) is 1. The third-order valence-corrected chi connectivity index (χ3v) is 6.72. The molecule has 2 heterocycles. The van der Waals surface area contributed by atoms with Gasteiger partial charge in [-0.2, -0.15) is 5.10 Å². The maximum atomic E-state index is 13.7. The van der Waals surface area contributed by atoms with Crippen LogP contribution in [0.1, 0.15) is 61.0 Å². The van der Waals surface area contributed by atoms with Crippen LogP contribution in [0.3, 0.4) is 0 Å². The van der Waals surface area contributed by atoms with Crippen LogP contribution in [0.2, 0.25) is 0 Å². The van der Waals surface area contributed by atoms with Crippen molar-refractivity contribution in [1.82, 2.24) is 19.7 Å². The number of carbonyl (C=O) groups excluding carboxylic acids is 1. The lowest BCUT2D eigenvalue weighted by Crippen LogP contribution is -2.39. The normalized spacial score (nSPS) is 11.8. The van der Waals surface area contributed by atoms with Crippen LogP contribution >= 0.6 is 11.3 Å².